The number of piperidine rings is 1. The van der Waals surface area contributed by atoms with Gasteiger partial charge in [-0.2, -0.15) is 5.10 Å². The molecule has 7 nitrogen and oxygen atoms in total. The highest BCUT2D eigenvalue weighted by molar-refractivity contribution is 5.76. The predicted molar refractivity (Wildman–Crippen MR) is 101 cm³/mol. The molecular weight excluding hydrogens is 340 g/mol. The quantitative estimate of drug-likeness (QED) is 0.673. The minimum atomic E-state index is 0.195. The SMILES string of the molecule is O=C(CCn1cccn1)N1CCC[C@@H](c2nccn2Cc2cccnc2)C1. The lowest BCUT2D eigenvalue weighted by molar-refractivity contribution is -0.132. The van der Waals surface area contributed by atoms with Crippen molar-refractivity contribution >= 4 is 5.91 Å². The van der Waals surface area contributed by atoms with E-state index in [2.05, 4.69) is 25.7 Å². The Hall–Kier alpha value is -2.96. The van der Waals surface area contributed by atoms with Crippen molar-refractivity contribution in [3.63, 3.8) is 0 Å². The number of aromatic nitrogens is 5. The molecule has 0 spiro atoms. The number of amides is 1. The summed E-state index contributed by atoms with van der Waals surface area (Å²) in [5.41, 5.74) is 1.15. The Kier molecular flexibility index (Phi) is 5.27. The second kappa shape index (κ2) is 8.16. The van der Waals surface area contributed by atoms with Crippen LogP contribution in [-0.2, 0) is 17.9 Å². The second-order valence-electron chi connectivity index (χ2n) is 6.97. The largest absolute Gasteiger partial charge is 0.342 e. The maximum Gasteiger partial charge on any atom is 0.224 e. The second-order valence-corrected chi connectivity index (χ2v) is 6.97. The molecule has 0 radical (unpaired) electrons. The lowest BCUT2D eigenvalue weighted by Gasteiger charge is -2.33. The predicted octanol–water partition coefficient (Wildman–Crippen LogP) is 2.32. The summed E-state index contributed by atoms with van der Waals surface area (Å²) in [6, 6.07) is 5.90. The summed E-state index contributed by atoms with van der Waals surface area (Å²) in [6.07, 6.45) is 13.7. The number of likely N-dealkylation sites (tertiary alicyclic amines) is 1. The van der Waals surface area contributed by atoms with Crippen molar-refractivity contribution in [2.24, 2.45) is 0 Å². The highest BCUT2D eigenvalue weighted by Crippen LogP contribution is 2.26. The van der Waals surface area contributed by atoms with E-state index in [9.17, 15) is 4.79 Å². The first kappa shape index (κ1) is 17.5. The fourth-order valence-electron chi connectivity index (χ4n) is 3.72. The van der Waals surface area contributed by atoms with Gasteiger partial charge in [0.05, 0.1) is 6.54 Å². The molecule has 0 aromatic carbocycles. The van der Waals surface area contributed by atoms with Crippen molar-refractivity contribution in [2.75, 3.05) is 13.1 Å². The minimum Gasteiger partial charge on any atom is -0.342 e. The standard InChI is InChI=1S/C20H24N6O/c27-19(6-12-26-11-3-8-23-26)24-10-2-5-18(16-24)20-22-9-13-25(20)15-17-4-1-7-21-14-17/h1,3-4,7-9,11,13-14,18H,2,5-6,10,12,15-16H2/t18-/m1/s1. The number of carbonyl (C=O) groups excluding carboxylic acids is 1. The van der Waals surface area contributed by atoms with E-state index in [1.807, 2.05) is 41.8 Å². The van der Waals surface area contributed by atoms with Gasteiger partial charge in [0.2, 0.25) is 5.91 Å². The molecule has 1 aliphatic rings. The molecule has 4 heterocycles. The van der Waals surface area contributed by atoms with Gasteiger partial charge in [-0.3, -0.25) is 14.5 Å². The molecule has 0 unspecified atom stereocenters. The van der Waals surface area contributed by atoms with Gasteiger partial charge in [0.1, 0.15) is 5.82 Å². The van der Waals surface area contributed by atoms with Crippen LogP contribution in [0.3, 0.4) is 0 Å². The smallest absolute Gasteiger partial charge is 0.224 e. The van der Waals surface area contributed by atoms with Crippen molar-refractivity contribution in [3.8, 4) is 0 Å². The van der Waals surface area contributed by atoms with E-state index in [0.717, 1.165) is 43.9 Å². The average Bonchev–Trinajstić information content (AvgIpc) is 3.39. The Labute approximate surface area is 158 Å². The lowest BCUT2D eigenvalue weighted by Crippen LogP contribution is -2.40. The molecular formula is C20H24N6O. The zero-order valence-electron chi connectivity index (χ0n) is 15.3. The Balaban J connectivity index is 1.40. The van der Waals surface area contributed by atoms with Crippen LogP contribution in [0.25, 0.3) is 0 Å². The number of hydrogen-bond donors (Lipinski definition) is 0. The fourth-order valence-corrected chi connectivity index (χ4v) is 3.72. The normalized spacial score (nSPS) is 17.2. The summed E-state index contributed by atoms with van der Waals surface area (Å²) >= 11 is 0. The van der Waals surface area contributed by atoms with Crippen LogP contribution in [0.2, 0.25) is 0 Å². The van der Waals surface area contributed by atoms with Crippen LogP contribution in [0, 0.1) is 0 Å². The van der Waals surface area contributed by atoms with Crippen LogP contribution >= 0.6 is 0 Å². The highest BCUT2D eigenvalue weighted by Gasteiger charge is 2.27. The molecule has 1 aliphatic heterocycles. The molecule has 1 atom stereocenters. The van der Waals surface area contributed by atoms with E-state index >= 15 is 0 Å². The summed E-state index contributed by atoms with van der Waals surface area (Å²) < 4.78 is 3.99. The van der Waals surface area contributed by atoms with Gasteiger partial charge in [0, 0.05) is 69.2 Å². The summed E-state index contributed by atoms with van der Waals surface area (Å²) in [7, 11) is 0. The first-order valence-corrected chi connectivity index (χ1v) is 9.45. The number of aryl methyl sites for hydroxylation is 1. The van der Waals surface area contributed by atoms with Crippen molar-refractivity contribution in [1.82, 2.24) is 29.2 Å². The van der Waals surface area contributed by atoms with Crippen LogP contribution in [0.15, 0.2) is 55.4 Å². The van der Waals surface area contributed by atoms with Crippen LogP contribution in [0.4, 0.5) is 0 Å². The number of imidazole rings is 1. The Morgan fingerprint density at radius 3 is 2.96 bits per heavy atom. The number of nitrogens with zero attached hydrogens (tertiary/aromatic N) is 6. The van der Waals surface area contributed by atoms with E-state index in [4.69, 9.17) is 0 Å². The van der Waals surface area contributed by atoms with Crippen LogP contribution in [0.1, 0.15) is 36.6 Å². The van der Waals surface area contributed by atoms with Gasteiger partial charge in [-0.05, 0) is 30.5 Å². The topological polar surface area (TPSA) is 68.8 Å². The van der Waals surface area contributed by atoms with Gasteiger partial charge in [-0.15, -0.1) is 0 Å². The average molecular weight is 364 g/mol. The third kappa shape index (κ3) is 4.24. The third-order valence-electron chi connectivity index (χ3n) is 5.08. The fraction of sp³-hybridized carbons (Fsp3) is 0.400. The molecule has 27 heavy (non-hydrogen) atoms. The zero-order chi connectivity index (χ0) is 18.5. The van der Waals surface area contributed by atoms with E-state index in [0.29, 0.717) is 13.0 Å². The van der Waals surface area contributed by atoms with Crippen LogP contribution in [-0.4, -0.2) is 48.2 Å². The lowest BCUT2D eigenvalue weighted by atomic mass is 9.96. The van der Waals surface area contributed by atoms with E-state index in [1.165, 1.54) is 0 Å². The molecule has 1 saturated heterocycles. The number of hydrogen-bond acceptors (Lipinski definition) is 4. The van der Waals surface area contributed by atoms with Gasteiger partial charge >= 0.3 is 0 Å². The van der Waals surface area contributed by atoms with Gasteiger partial charge < -0.3 is 9.47 Å². The summed E-state index contributed by atoms with van der Waals surface area (Å²) in [5, 5.41) is 4.17. The van der Waals surface area contributed by atoms with Gasteiger partial charge in [-0.25, -0.2) is 4.98 Å². The first-order valence-electron chi connectivity index (χ1n) is 9.45. The highest BCUT2D eigenvalue weighted by atomic mass is 16.2. The molecule has 1 fully saturated rings. The number of carbonyl (C=O) groups is 1. The molecule has 1 amide bonds. The number of rotatable bonds is 6. The van der Waals surface area contributed by atoms with E-state index in [1.54, 1.807) is 17.1 Å². The molecule has 0 aliphatic carbocycles. The molecule has 3 aromatic heterocycles. The third-order valence-corrected chi connectivity index (χ3v) is 5.08. The van der Waals surface area contributed by atoms with Crippen molar-refractivity contribution in [2.45, 2.75) is 38.3 Å². The molecule has 0 bridgehead atoms. The van der Waals surface area contributed by atoms with Crippen LogP contribution < -0.4 is 0 Å². The molecule has 7 heteroatoms. The summed E-state index contributed by atoms with van der Waals surface area (Å²) in [4.78, 5) is 23.4. The van der Waals surface area contributed by atoms with Crippen molar-refractivity contribution in [3.05, 3.63) is 66.8 Å². The number of pyridine rings is 1. The monoisotopic (exact) mass is 364 g/mol. The Morgan fingerprint density at radius 1 is 1.19 bits per heavy atom. The van der Waals surface area contributed by atoms with Gasteiger partial charge in [-0.1, -0.05) is 6.07 Å². The van der Waals surface area contributed by atoms with E-state index < -0.39 is 0 Å². The Bertz CT molecular complexity index is 858. The first-order chi connectivity index (χ1) is 13.3. The molecule has 4 rings (SSSR count). The zero-order valence-corrected chi connectivity index (χ0v) is 15.3. The summed E-state index contributed by atoms with van der Waals surface area (Å²) in [5.74, 6) is 1.53. The molecule has 0 saturated carbocycles. The van der Waals surface area contributed by atoms with E-state index in [-0.39, 0.29) is 11.8 Å². The summed E-state index contributed by atoms with van der Waals surface area (Å²) in [6.45, 7) is 2.95. The maximum absolute atomic E-state index is 12.6. The van der Waals surface area contributed by atoms with Gasteiger partial charge in [0.15, 0.2) is 0 Å². The van der Waals surface area contributed by atoms with Crippen molar-refractivity contribution < 1.29 is 4.79 Å². The Morgan fingerprint density at radius 2 is 2.15 bits per heavy atom. The molecule has 3 aromatic rings. The van der Waals surface area contributed by atoms with Crippen LogP contribution in [0.5, 0.6) is 0 Å². The van der Waals surface area contributed by atoms with Gasteiger partial charge in [0.25, 0.3) is 0 Å². The minimum absolute atomic E-state index is 0.195. The van der Waals surface area contributed by atoms with Crippen molar-refractivity contribution in [1.29, 1.82) is 0 Å². The maximum atomic E-state index is 12.6. The molecule has 0 N–H and O–H groups in total. The molecule has 140 valence electrons.